The lowest BCUT2D eigenvalue weighted by Crippen LogP contribution is -2.04. The van der Waals surface area contributed by atoms with Gasteiger partial charge in [0.05, 0.1) is 6.61 Å². The monoisotopic (exact) mass is 247 g/mol. The van der Waals surface area contributed by atoms with Crippen LogP contribution in [0.1, 0.15) is 23.0 Å². The Labute approximate surface area is 104 Å². The number of hydrogen-bond donors (Lipinski definition) is 0. The molecule has 2 aromatic rings. The van der Waals surface area contributed by atoms with E-state index in [-0.39, 0.29) is 5.97 Å². The maximum atomic E-state index is 11.5. The molecule has 0 aliphatic heterocycles. The van der Waals surface area contributed by atoms with Crippen LogP contribution in [0, 0.1) is 6.92 Å². The number of nitrogens with zero attached hydrogens (tertiary/aromatic N) is 1. The van der Waals surface area contributed by atoms with Crippen molar-refractivity contribution < 1.29 is 9.53 Å². The van der Waals surface area contributed by atoms with Gasteiger partial charge in [-0.2, -0.15) is 0 Å². The summed E-state index contributed by atoms with van der Waals surface area (Å²) in [5.74, 6) is -0.359. The third-order valence-corrected chi connectivity index (χ3v) is 3.18. The highest BCUT2D eigenvalue weighted by atomic mass is 32.1. The number of ether oxygens (including phenoxy) is 1. The van der Waals surface area contributed by atoms with E-state index in [4.69, 9.17) is 4.74 Å². The van der Waals surface area contributed by atoms with Gasteiger partial charge in [-0.05, 0) is 13.8 Å². The van der Waals surface area contributed by atoms with Crippen molar-refractivity contribution in [3.8, 4) is 10.6 Å². The standard InChI is InChI=1S/C13H13NO2S/c1-3-16-13(15)11-8-17-12(14-11)10-6-4-9(2)5-7-10/h4-8H,3H2,1-2H3. The van der Waals surface area contributed by atoms with Crippen LogP contribution >= 0.6 is 11.3 Å². The molecule has 0 radical (unpaired) electrons. The van der Waals surface area contributed by atoms with Crippen LogP contribution in [-0.2, 0) is 4.74 Å². The van der Waals surface area contributed by atoms with E-state index < -0.39 is 0 Å². The predicted molar refractivity (Wildman–Crippen MR) is 68.2 cm³/mol. The third kappa shape index (κ3) is 2.71. The van der Waals surface area contributed by atoms with E-state index in [0.29, 0.717) is 12.3 Å². The van der Waals surface area contributed by atoms with Crippen molar-refractivity contribution in [2.24, 2.45) is 0 Å². The molecular formula is C13H13NO2S. The second kappa shape index (κ2) is 5.10. The Balaban J connectivity index is 2.23. The van der Waals surface area contributed by atoms with Gasteiger partial charge in [0.2, 0.25) is 0 Å². The van der Waals surface area contributed by atoms with Crippen LogP contribution < -0.4 is 0 Å². The summed E-state index contributed by atoms with van der Waals surface area (Å²) in [7, 11) is 0. The molecule has 0 fully saturated rings. The van der Waals surface area contributed by atoms with Gasteiger partial charge in [0.1, 0.15) is 5.01 Å². The Morgan fingerprint density at radius 2 is 2.06 bits per heavy atom. The van der Waals surface area contributed by atoms with E-state index in [9.17, 15) is 4.79 Å². The minimum absolute atomic E-state index is 0.359. The number of carbonyl (C=O) groups is 1. The largest absolute Gasteiger partial charge is 0.461 e. The average molecular weight is 247 g/mol. The first-order valence-corrected chi connectivity index (χ1v) is 6.28. The van der Waals surface area contributed by atoms with Crippen LogP contribution in [0.15, 0.2) is 29.6 Å². The number of hydrogen-bond acceptors (Lipinski definition) is 4. The predicted octanol–water partition coefficient (Wildman–Crippen LogP) is 3.30. The SMILES string of the molecule is CCOC(=O)c1csc(-c2ccc(C)cc2)n1. The minimum Gasteiger partial charge on any atom is -0.461 e. The molecule has 0 unspecified atom stereocenters. The summed E-state index contributed by atoms with van der Waals surface area (Å²) in [4.78, 5) is 15.7. The van der Waals surface area contributed by atoms with Gasteiger partial charge in [0, 0.05) is 10.9 Å². The fourth-order valence-electron chi connectivity index (χ4n) is 1.40. The lowest BCUT2D eigenvalue weighted by atomic mass is 10.2. The zero-order valence-corrected chi connectivity index (χ0v) is 10.6. The molecule has 1 aromatic heterocycles. The summed E-state index contributed by atoms with van der Waals surface area (Å²) >= 11 is 1.45. The summed E-state index contributed by atoms with van der Waals surface area (Å²) < 4.78 is 4.90. The molecule has 0 spiro atoms. The number of aromatic nitrogens is 1. The van der Waals surface area contributed by atoms with Crippen molar-refractivity contribution in [1.82, 2.24) is 4.98 Å². The van der Waals surface area contributed by atoms with E-state index in [2.05, 4.69) is 4.98 Å². The molecule has 0 aliphatic rings. The summed E-state index contributed by atoms with van der Waals surface area (Å²) in [6.45, 7) is 4.19. The average Bonchev–Trinajstić information content (AvgIpc) is 2.80. The summed E-state index contributed by atoms with van der Waals surface area (Å²) in [5, 5.41) is 2.57. The van der Waals surface area contributed by atoms with Crippen molar-refractivity contribution in [2.75, 3.05) is 6.61 Å². The molecule has 0 amide bonds. The quantitative estimate of drug-likeness (QED) is 0.781. The molecule has 1 heterocycles. The number of thiazole rings is 1. The maximum absolute atomic E-state index is 11.5. The Morgan fingerprint density at radius 1 is 1.35 bits per heavy atom. The van der Waals surface area contributed by atoms with Crippen LogP contribution in [-0.4, -0.2) is 17.6 Å². The fraction of sp³-hybridized carbons (Fsp3) is 0.231. The highest BCUT2D eigenvalue weighted by Gasteiger charge is 2.12. The maximum Gasteiger partial charge on any atom is 0.357 e. The van der Waals surface area contributed by atoms with Gasteiger partial charge in [-0.15, -0.1) is 11.3 Å². The normalized spacial score (nSPS) is 10.2. The smallest absolute Gasteiger partial charge is 0.357 e. The zero-order valence-electron chi connectivity index (χ0n) is 9.77. The Morgan fingerprint density at radius 3 is 2.71 bits per heavy atom. The molecule has 4 heteroatoms. The molecule has 0 N–H and O–H groups in total. The Bertz CT molecular complexity index is 516. The van der Waals surface area contributed by atoms with E-state index in [1.807, 2.05) is 31.2 Å². The van der Waals surface area contributed by atoms with Crippen LogP contribution in [0.5, 0.6) is 0 Å². The first kappa shape index (κ1) is 11.8. The lowest BCUT2D eigenvalue weighted by molar-refractivity contribution is 0.0520. The second-order valence-electron chi connectivity index (χ2n) is 3.62. The van der Waals surface area contributed by atoms with Crippen molar-refractivity contribution >= 4 is 17.3 Å². The first-order chi connectivity index (χ1) is 8.20. The molecular weight excluding hydrogens is 234 g/mol. The van der Waals surface area contributed by atoms with Crippen molar-refractivity contribution in [2.45, 2.75) is 13.8 Å². The molecule has 2 rings (SSSR count). The lowest BCUT2D eigenvalue weighted by Gasteiger charge is -1.97. The molecule has 0 atom stereocenters. The van der Waals surface area contributed by atoms with Gasteiger partial charge in [0.15, 0.2) is 5.69 Å². The van der Waals surface area contributed by atoms with Gasteiger partial charge in [-0.25, -0.2) is 9.78 Å². The minimum atomic E-state index is -0.359. The van der Waals surface area contributed by atoms with Gasteiger partial charge in [-0.3, -0.25) is 0 Å². The highest BCUT2D eigenvalue weighted by Crippen LogP contribution is 2.24. The van der Waals surface area contributed by atoms with Gasteiger partial charge >= 0.3 is 5.97 Å². The first-order valence-electron chi connectivity index (χ1n) is 5.40. The van der Waals surface area contributed by atoms with Gasteiger partial charge < -0.3 is 4.74 Å². The number of benzene rings is 1. The molecule has 88 valence electrons. The van der Waals surface area contributed by atoms with Crippen molar-refractivity contribution in [1.29, 1.82) is 0 Å². The van der Waals surface area contributed by atoms with Crippen LogP contribution in [0.4, 0.5) is 0 Å². The highest BCUT2D eigenvalue weighted by molar-refractivity contribution is 7.13. The second-order valence-corrected chi connectivity index (χ2v) is 4.48. The van der Waals surface area contributed by atoms with Crippen molar-refractivity contribution in [3.05, 3.63) is 40.9 Å². The zero-order chi connectivity index (χ0) is 12.3. The van der Waals surface area contributed by atoms with Crippen molar-refractivity contribution in [3.63, 3.8) is 0 Å². The molecule has 0 bridgehead atoms. The summed E-state index contributed by atoms with van der Waals surface area (Å²) in [6.07, 6.45) is 0. The van der Waals surface area contributed by atoms with Crippen LogP contribution in [0.25, 0.3) is 10.6 Å². The molecule has 0 aliphatic carbocycles. The Hall–Kier alpha value is -1.68. The fourth-order valence-corrected chi connectivity index (χ4v) is 2.20. The number of carbonyl (C=O) groups excluding carboxylic acids is 1. The number of esters is 1. The van der Waals surface area contributed by atoms with Crippen LogP contribution in [0.3, 0.4) is 0 Å². The molecule has 3 nitrogen and oxygen atoms in total. The molecule has 1 aromatic carbocycles. The Kier molecular flexibility index (Phi) is 3.54. The van der Waals surface area contributed by atoms with E-state index in [1.165, 1.54) is 16.9 Å². The summed E-state index contributed by atoms with van der Waals surface area (Å²) in [5.41, 5.74) is 2.61. The third-order valence-electron chi connectivity index (χ3n) is 2.29. The topological polar surface area (TPSA) is 39.2 Å². The number of aryl methyl sites for hydroxylation is 1. The van der Waals surface area contributed by atoms with E-state index in [0.717, 1.165) is 10.6 Å². The van der Waals surface area contributed by atoms with Gasteiger partial charge in [-0.1, -0.05) is 29.8 Å². The molecule has 0 saturated heterocycles. The van der Waals surface area contributed by atoms with Gasteiger partial charge in [0.25, 0.3) is 0 Å². The number of rotatable bonds is 3. The molecule has 17 heavy (non-hydrogen) atoms. The van der Waals surface area contributed by atoms with E-state index in [1.54, 1.807) is 12.3 Å². The summed E-state index contributed by atoms with van der Waals surface area (Å²) in [6, 6.07) is 8.06. The van der Waals surface area contributed by atoms with Crippen LogP contribution in [0.2, 0.25) is 0 Å². The molecule has 0 saturated carbocycles. The van der Waals surface area contributed by atoms with E-state index >= 15 is 0 Å².